The first-order chi connectivity index (χ1) is 9.66. The van der Waals surface area contributed by atoms with Crippen LogP contribution in [0.1, 0.15) is 12.0 Å². The van der Waals surface area contributed by atoms with Gasteiger partial charge in [-0.1, -0.05) is 50.0 Å². The lowest BCUT2D eigenvalue weighted by Gasteiger charge is -2.09. The molecule has 0 amide bonds. The van der Waals surface area contributed by atoms with Crippen LogP contribution in [-0.2, 0) is 6.42 Å². The van der Waals surface area contributed by atoms with E-state index in [-0.39, 0.29) is 12.5 Å². The number of ether oxygens (including phenoxy) is 1. The molecule has 0 aliphatic carbocycles. The molecule has 0 bridgehead atoms. The summed E-state index contributed by atoms with van der Waals surface area (Å²) < 4.78 is 19.4. The van der Waals surface area contributed by atoms with Crippen molar-refractivity contribution < 1.29 is 9.13 Å². The zero-order valence-electron chi connectivity index (χ0n) is 12.1. The van der Waals surface area contributed by atoms with E-state index in [0.29, 0.717) is 12.4 Å². The van der Waals surface area contributed by atoms with E-state index in [4.69, 9.17) is 4.74 Å². The first-order valence-corrected chi connectivity index (χ1v) is 7.13. The molecule has 3 heteroatoms. The fourth-order valence-electron chi connectivity index (χ4n) is 2.18. The van der Waals surface area contributed by atoms with Crippen molar-refractivity contribution in [3.63, 3.8) is 0 Å². The first kappa shape index (κ1) is 14.6. The van der Waals surface area contributed by atoms with E-state index in [9.17, 15) is 4.39 Å². The molecule has 0 radical (unpaired) electrons. The monoisotopic (exact) mass is 270 g/mol. The van der Waals surface area contributed by atoms with Crippen LogP contribution in [0.4, 0.5) is 4.39 Å². The van der Waals surface area contributed by atoms with Crippen molar-refractivity contribution in [2.24, 2.45) is 0 Å². The van der Waals surface area contributed by atoms with Gasteiger partial charge in [0.15, 0.2) is 6.71 Å². The van der Waals surface area contributed by atoms with Crippen molar-refractivity contribution in [1.82, 2.24) is 0 Å². The molecule has 0 unspecified atom stereocenters. The summed E-state index contributed by atoms with van der Waals surface area (Å²) >= 11 is 0. The molecule has 0 N–H and O–H groups in total. The van der Waals surface area contributed by atoms with E-state index in [2.05, 4.69) is 12.1 Å². The molecule has 20 heavy (non-hydrogen) atoms. The lowest BCUT2D eigenvalue weighted by molar-refractivity contribution is 0.309. The van der Waals surface area contributed by atoms with E-state index in [1.54, 1.807) is 0 Å². The Balaban J connectivity index is 1.81. The van der Waals surface area contributed by atoms with Crippen LogP contribution >= 0.6 is 0 Å². The van der Waals surface area contributed by atoms with Crippen LogP contribution in [0.3, 0.4) is 0 Å². The van der Waals surface area contributed by atoms with Crippen molar-refractivity contribution in [2.45, 2.75) is 26.5 Å². The summed E-state index contributed by atoms with van der Waals surface area (Å²) in [4.78, 5) is 0. The van der Waals surface area contributed by atoms with Gasteiger partial charge in [-0.25, -0.2) is 4.39 Å². The largest absolute Gasteiger partial charge is 0.493 e. The van der Waals surface area contributed by atoms with Crippen molar-refractivity contribution in [3.05, 3.63) is 59.9 Å². The lowest BCUT2D eigenvalue weighted by atomic mass is 9.49. The van der Waals surface area contributed by atoms with Crippen LogP contribution in [0.2, 0.25) is 13.6 Å². The average molecular weight is 270 g/mol. The molecule has 2 aromatic carbocycles. The third-order valence-electron chi connectivity index (χ3n) is 3.32. The van der Waals surface area contributed by atoms with Crippen LogP contribution in [-0.4, -0.2) is 13.3 Å². The number of halogens is 1. The molecule has 2 rings (SSSR count). The topological polar surface area (TPSA) is 9.23 Å². The summed E-state index contributed by atoms with van der Waals surface area (Å²) in [6.45, 7) is 4.77. The van der Waals surface area contributed by atoms with Gasteiger partial charge in [0.1, 0.15) is 11.6 Å². The highest BCUT2D eigenvalue weighted by molar-refractivity contribution is 6.70. The Hall–Kier alpha value is -1.77. The summed E-state index contributed by atoms with van der Waals surface area (Å²) in [7, 11) is 0. The molecule has 0 atom stereocenters. The molecule has 2 aromatic rings. The lowest BCUT2D eigenvalue weighted by Crippen LogP contribution is -2.25. The zero-order chi connectivity index (χ0) is 14.4. The Morgan fingerprint density at radius 2 is 1.80 bits per heavy atom. The molecule has 0 aliphatic heterocycles. The minimum Gasteiger partial charge on any atom is -0.493 e. The molecule has 0 saturated carbocycles. The predicted octanol–water partition coefficient (Wildman–Crippen LogP) is 3.80. The number of hydrogen-bond acceptors (Lipinski definition) is 1. The van der Waals surface area contributed by atoms with Crippen molar-refractivity contribution in [2.75, 3.05) is 6.61 Å². The molecular formula is C17H20BFO. The summed E-state index contributed by atoms with van der Waals surface area (Å²) in [6, 6.07) is 15.4. The van der Waals surface area contributed by atoms with E-state index >= 15 is 0 Å². The highest BCUT2D eigenvalue weighted by atomic mass is 19.1. The Labute approximate surface area is 120 Å². The third-order valence-corrected chi connectivity index (χ3v) is 3.32. The quantitative estimate of drug-likeness (QED) is 0.573. The van der Waals surface area contributed by atoms with Crippen molar-refractivity contribution in [3.8, 4) is 5.75 Å². The highest BCUT2D eigenvalue weighted by Gasteiger charge is 2.09. The van der Waals surface area contributed by atoms with Crippen LogP contribution in [0.5, 0.6) is 5.75 Å². The average Bonchev–Trinajstić information content (AvgIpc) is 2.44. The van der Waals surface area contributed by atoms with Gasteiger partial charge in [-0.15, -0.1) is 0 Å². The Morgan fingerprint density at radius 3 is 2.45 bits per heavy atom. The molecular weight excluding hydrogens is 250 g/mol. The van der Waals surface area contributed by atoms with Gasteiger partial charge in [-0.3, -0.25) is 0 Å². The second-order valence-corrected chi connectivity index (χ2v) is 5.28. The molecule has 0 fully saturated rings. The van der Waals surface area contributed by atoms with Gasteiger partial charge in [-0.2, -0.15) is 0 Å². The van der Waals surface area contributed by atoms with Gasteiger partial charge in [0.05, 0.1) is 6.61 Å². The number of benzene rings is 2. The molecule has 0 heterocycles. The van der Waals surface area contributed by atoms with Crippen LogP contribution in [0.15, 0.2) is 48.5 Å². The first-order valence-electron chi connectivity index (χ1n) is 7.13. The van der Waals surface area contributed by atoms with Crippen LogP contribution in [0, 0.1) is 5.82 Å². The third kappa shape index (κ3) is 4.12. The molecule has 0 aromatic heterocycles. The summed E-state index contributed by atoms with van der Waals surface area (Å²) in [5, 5.41) is 0. The van der Waals surface area contributed by atoms with E-state index in [1.165, 1.54) is 11.6 Å². The maximum atomic E-state index is 13.8. The fourth-order valence-corrected chi connectivity index (χ4v) is 2.18. The minimum absolute atomic E-state index is 0.180. The molecule has 0 spiro atoms. The maximum absolute atomic E-state index is 13.8. The number of rotatable bonds is 6. The van der Waals surface area contributed by atoms with E-state index in [1.807, 2.05) is 44.0 Å². The summed E-state index contributed by atoms with van der Waals surface area (Å²) in [5.41, 5.74) is 2.04. The predicted molar refractivity (Wildman–Crippen MR) is 83.8 cm³/mol. The van der Waals surface area contributed by atoms with Crippen molar-refractivity contribution in [1.29, 1.82) is 0 Å². The number of hydrogen-bond donors (Lipinski definition) is 0. The van der Waals surface area contributed by atoms with Crippen LogP contribution in [0.25, 0.3) is 0 Å². The summed E-state index contributed by atoms with van der Waals surface area (Å²) in [6.07, 6.45) is 1.91. The van der Waals surface area contributed by atoms with Gasteiger partial charge in [0, 0.05) is 6.07 Å². The van der Waals surface area contributed by atoms with Gasteiger partial charge in [0.25, 0.3) is 0 Å². The van der Waals surface area contributed by atoms with E-state index < -0.39 is 0 Å². The smallest absolute Gasteiger partial charge is 0.173 e. The second-order valence-electron chi connectivity index (χ2n) is 5.28. The standard InChI is InChI=1S/C17H20BFO/c1-18(2)16-11-10-15(13-17(16)19)20-12-6-9-14-7-4-3-5-8-14/h3-5,7-8,10-11,13H,6,9,12H2,1-2H3. The minimum atomic E-state index is -0.180. The Bertz CT molecular complexity index is 540. The Kier molecular flexibility index (Phi) is 5.22. The Morgan fingerprint density at radius 1 is 1.05 bits per heavy atom. The van der Waals surface area contributed by atoms with E-state index in [0.717, 1.165) is 18.3 Å². The SMILES string of the molecule is CB(C)c1ccc(OCCCc2ccccc2)cc1F. The zero-order valence-corrected chi connectivity index (χ0v) is 12.1. The molecule has 104 valence electrons. The van der Waals surface area contributed by atoms with Crippen molar-refractivity contribution >= 4 is 12.2 Å². The molecule has 0 saturated heterocycles. The normalized spacial score (nSPS) is 10.3. The molecule has 0 aliphatic rings. The number of aryl methyl sites for hydroxylation is 1. The maximum Gasteiger partial charge on any atom is 0.173 e. The fraction of sp³-hybridized carbons (Fsp3) is 0.294. The second kappa shape index (κ2) is 7.13. The molecule has 1 nitrogen and oxygen atoms in total. The highest BCUT2D eigenvalue weighted by Crippen LogP contribution is 2.12. The van der Waals surface area contributed by atoms with Gasteiger partial charge in [-0.05, 0) is 29.9 Å². The van der Waals surface area contributed by atoms with Gasteiger partial charge in [0.2, 0.25) is 0 Å². The summed E-state index contributed by atoms with van der Waals surface area (Å²) in [5.74, 6) is 0.431. The van der Waals surface area contributed by atoms with Crippen LogP contribution < -0.4 is 10.2 Å². The van der Waals surface area contributed by atoms with Gasteiger partial charge < -0.3 is 4.74 Å². The van der Waals surface area contributed by atoms with Gasteiger partial charge >= 0.3 is 0 Å².